The molecule has 0 fully saturated rings. The lowest BCUT2D eigenvalue weighted by atomic mass is 9.97. The Morgan fingerprint density at radius 1 is 1.13 bits per heavy atom. The van der Waals surface area contributed by atoms with Crippen LogP contribution in [0.15, 0.2) is 48.5 Å². The molecule has 0 saturated heterocycles. The summed E-state index contributed by atoms with van der Waals surface area (Å²) in [7, 11) is 1.61. The van der Waals surface area contributed by atoms with Gasteiger partial charge in [-0.1, -0.05) is 61.3 Å². The standard InChI is InChI=1S/C24H25ClN2O4/c1-3-4-12-21-26-23(25)20(15-31-2)27(21)14-16-8-7-9-17(13-16)22(28)18-10-5-6-11-19(18)24(29)30/h5-11,13H,3-4,12,14-15H2,1-2H3,(H,29,30). The number of hydrogen-bond donors (Lipinski definition) is 1. The van der Waals surface area contributed by atoms with Crippen LogP contribution in [-0.2, 0) is 24.3 Å². The second kappa shape index (κ2) is 10.4. The number of ether oxygens (including phenoxy) is 1. The van der Waals surface area contributed by atoms with Crippen molar-refractivity contribution >= 4 is 23.4 Å². The van der Waals surface area contributed by atoms with Crippen molar-refractivity contribution in [3.63, 3.8) is 0 Å². The van der Waals surface area contributed by atoms with E-state index in [9.17, 15) is 14.7 Å². The van der Waals surface area contributed by atoms with Crippen molar-refractivity contribution in [3.05, 3.63) is 87.5 Å². The van der Waals surface area contributed by atoms with Crippen LogP contribution in [0.3, 0.4) is 0 Å². The number of hydrogen-bond acceptors (Lipinski definition) is 4. The van der Waals surface area contributed by atoms with Crippen molar-refractivity contribution in [2.75, 3.05) is 7.11 Å². The monoisotopic (exact) mass is 440 g/mol. The van der Waals surface area contributed by atoms with Crippen molar-refractivity contribution < 1.29 is 19.4 Å². The van der Waals surface area contributed by atoms with Crippen LogP contribution in [0.4, 0.5) is 0 Å². The van der Waals surface area contributed by atoms with E-state index >= 15 is 0 Å². The molecule has 31 heavy (non-hydrogen) atoms. The largest absolute Gasteiger partial charge is 0.478 e. The highest BCUT2D eigenvalue weighted by Crippen LogP contribution is 2.23. The molecule has 1 N–H and O–H groups in total. The van der Waals surface area contributed by atoms with Crippen LogP contribution in [0, 0.1) is 0 Å². The maximum Gasteiger partial charge on any atom is 0.336 e. The maximum atomic E-state index is 13.0. The van der Waals surface area contributed by atoms with Crippen molar-refractivity contribution in [1.82, 2.24) is 9.55 Å². The molecule has 0 radical (unpaired) electrons. The van der Waals surface area contributed by atoms with E-state index in [4.69, 9.17) is 16.3 Å². The Morgan fingerprint density at radius 3 is 2.55 bits per heavy atom. The third-order valence-corrected chi connectivity index (χ3v) is 5.37. The lowest BCUT2D eigenvalue weighted by molar-refractivity contribution is 0.0693. The summed E-state index contributed by atoms with van der Waals surface area (Å²) >= 11 is 6.36. The van der Waals surface area contributed by atoms with E-state index in [2.05, 4.69) is 11.9 Å². The van der Waals surface area contributed by atoms with Gasteiger partial charge in [-0.2, -0.15) is 0 Å². The number of imidazole rings is 1. The number of ketones is 1. The zero-order valence-electron chi connectivity index (χ0n) is 17.6. The molecule has 162 valence electrons. The molecule has 3 rings (SSSR count). The summed E-state index contributed by atoms with van der Waals surface area (Å²) in [6, 6.07) is 13.4. The predicted molar refractivity (Wildman–Crippen MR) is 119 cm³/mol. The molecule has 1 aromatic heterocycles. The van der Waals surface area contributed by atoms with Gasteiger partial charge in [0.2, 0.25) is 0 Å². The van der Waals surface area contributed by atoms with Crippen LogP contribution in [0.2, 0.25) is 5.15 Å². The predicted octanol–water partition coefficient (Wildman–Crippen LogP) is 5.00. The van der Waals surface area contributed by atoms with Gasteiger partial charge in [0, 0.05) is 31.2 Å². The lowest BCUT2D eigenvalue weighted by Gasteiger charge is -2.13. The normalized spacial score (nSPS) is 10.9. The van der Waals surface area contributed by atoms with E-state index in [1.165, 1.54) is 12.1 Å². The number of rotatable bonds is 10. The first kappa shape index (κ1) is 22.7. The number of carboxylic acids is 1. The third kappa shape index (κ3) is 5.21. The van der Waals surface area contributed by atoms with Crippen LogP contribution >= 0.6 is 11.6 Å². The number of aryl methyl sites for hydroxylation is 1. The molecule has 0 aliphatic carbocycles. The first-order valence-corrected chi connectivity index (χ1v) is 10.5. The Kier molecular flexibility index (Phi) is 7.60. The average Bonchev–Trinajstić information content (AvgIpc) is 3.06. The number of unbranched alkanes of at least 4 members (excludes halogenated alkanes) is 1. The number of benzene rings is 2. The second-order valence-electron chi connectivity index (χ2n) is 7.27. The van der Waals surface area contributed by atoms with Crippen LogP contribution < -0.4 is 0 Å². The van der Waals surface area contributed by atoms with E-state index < -0.39 is 5.97 Å². The van der Waals surface area contributed by atoms with Gasteiger partial charge in [0.1, 0.15) is 5.82 Å². The molecule has 1 heterocycles. The summed E-state index contributed by atoms with van der Waals surface area (Å²) < 4.78 is 7.34. The highest BCUT2D eigenvalue weighted by Gasteiger charge is 2.19. The zero-order chi connectivity index (χ0) is 22.4. The van der Waals surface area contributed by atoms with Crippen molar-refractivity contribution in [3.8, 4) is 0 Å². The fourth-order valence-electron chi connectivity index (χ4n) is 3.51. The van der Waals surface area contributed by atoms with Crippen LogP contribution in [0.5, 0.6) is 0 Å². The molecule has 0 saturated carbocycles. The molecule has 0 atom stereocenters. The Balaban J connectivity index is 1.95. The summed E-state index contributed by atoms with van der Waals surface area (Å²) in [5, 5.41) is 9.84. The maximum absolute atomic E-state index is 13.0. The van der Waals surface area contributed by atoms with Gasteiger partial charge in [-0.05, 0) is 24.1 Å². The smallest absolute Gasteiger partial charge is 0.336 e. The molecule has 2 aromatic carbocycles. The van der Waals surface area contributed by atoms with E-state index in [-0.39, 0.29) is 16.9 Å². The molecule has 7 heteroatoms. The number of carbonyl (C=O) groups is 2. The highest BCUT2D eigenvalue weighted by molar-refractivity contribution is 6.30. The number of carboxylic acid groups (broad SMARTS) is 1. The first-order chi connectivity index (χ1) is 15.0. The van der Waals surface area contributed by atoms with Crippen LogP contribution in [0.1, 0.15) is 63.1 Å². The molecule has 0 unspecified atom stereocenters. The van der Waals surface area contributed by atoms with Gasteiger partial charge in [-0.15, -0.1) is 0 Å². The van der Waals surface area contributed by atoms with Crippen molar-refractivity contribution in [2.24, 2.45) is 0 Å². The topological polar surface area (TPSA) is 81.4 Å². The number of aromatic nitrogens is 2. The highest BCUT2D eigenvalue weighted by atomic mass is 35.5. The van der Waals surface area contributed by atoms with Gasteiger partial charge in [-0.25, -0.2) is 9.78 Å². The molecule has 3 aromatic rings. The lowest BCUT2D eigenvalue weighted by Crippen LogP contribution is -2.12. The molecule has 6 nitrogen and oxygen atoms in total. The van der Waals surface area contributed by atoms with Crippen molar-refractivity contribution in [2.45, 2.75) is 39.3 Å². The van der Waals surface area contributed by atoms with E-state index in [0.29, 0.717) is 23.9 Å². The Hall–Kier alpha value is -2.96. The number of aromatic carboxylic acids is 1. The second-order valence-corrected chi connectivity index (χ2v) is 7.63. The van der Waals surface area contributed by atoms with Gasteiger partial charge in [-0.3, -0.25) is 4.79 Å². The summed E-state index contributed by atoms with van der Waals surface area (Å²) in [4.78, 5) is 29.1. The fourth-order valence-corrected chi connectivity index (χ4v) is 3.76. The molecule has 0 aliphatic heterocycles. The third-order valence-electron chi connectivity index (χ3n) is 5.07. The minimum atomic E-state index is -1.13. The molecule has 0 spiro atoms. The summed E-state index contributed by atoms with van der Waals surface area (Å²) in [5.74, 6) is -0.573. The van der Waals surface area contributed by atoms with Crippen molar-refractivity contribution in [1.29, 1.82) is 0 Å². The average molecular weight is 441 g/mol. The molecule has 0 bridgehead atoms. The van der Waals surface area contributed by atoms with Crippen LogP contribution in [-0.4, -0.2) is 33.5 Å². The zero-order valence-corrected chi connectivity index (χ0v) is 18.4. The number of carbonyl (C=O) groups excluding carboxylic acids is 1. The van der Waals surface area contributed by atoms with Gasteiger partial charge >= 0.3 is 5.97 Å². The first-order valence-electron chi connectivity index (χ1n) is 10.1. The van der Waals surface area contributed by atoms with Gasteiger partial charge in [0.25, 0.3) is 0 Å². The Labute approximate surface area is 186 Å². The number of methoxy groups -OCH3 is 1. The van der Waals surface area contributed by atoms with E-state index in [1.54, 1.807) is 37.4 Å². The molecule has 0 amide bonds. The van der Waals surface area contributed by atoms with Gasteiger partial charge in [0.05, 0.1) is 17.9 Å². The minimum Gasteiger partial charge on any atom is -0.478 e. The Bertz CT molecular complexity index is 1090. The van der Waals surface area contributed by atoms with Gasteiger partial charge in [0.15, 0.2) is 10.9 Å². The quantitative estimate of drug-likeness (QED) is 0.448. The molecular weight excluding hydrogens is 416 g/mol. The fraction of sp³-hybridized carbons (Fsp3) is 0.292. The summed E-state index contributed by atoms with van der Waals surface area (Å²) in [6.07, 6.45) is 2.83. The number of halogens is 1. The number of nitrogens with zero attached hydrogens (tertiary/aromatic N) is 2. The molecular formula is C24H25ClN2O4. The summed E-state index contributed by atoms with van der Waals surface area (Å²) in [5.41, 5.74) is 2.27. The summed E-state index contributed by atoms with van der Waals surface area (Å²) in [6.45, 7) is 2.94. The SMILES string of the molecule is CCCCc1nc(Cl)c(COC)n1Cc1cccc(C(=O)c2ccccc2C(=O)O)c1. The van der Waals surface area contributed by atoms with E-state index in [1.807, 2.05) is 10.6 Å². The van der Waals surface area contributed by atoms with E-state index in [0.717, 1.165) is 36.3 Å². The molecule has 0 aliphatic rings. The minimum absolute atomic E-state index is 0.0106. The van der Waals surface area contributed by atoms with Crippen LogP contribution in [0.25, 0.3) is 0 Å². The Morgan fingerprint density at radius 2 is 1.87 bits per heavy atom. The van der Waals surface area contributed by atoms with Gasteiger partial charge < -0.3 is 14.4 Å².